The molecule has 0 aromatic carbocycles. The Hall–Kier alpha value is -1.33. The lowest BCUT2D eigenvalue weighted by Gasteiger charge is -2.40. The van der Waals surface area contributed by atoms with Gasteiger partial charge in [-0.15, -0.1) is 0 Å². The second-order valence-electron chi connectivity index (χ2n) is 3.77. The number of ether oxygens (including phenoxy) is 1. The van der Waals surface area contributed by atoms with Crippen molar-refractivity contribution in [3.63, 3.8) is 0 Å². The van der Waals surface area contributed by atoms with Crippen molar-refractivity contribution >= 4 is 28.6 Å². The Bertz CT molecular complexity index is 499. The highest BCUT2D eigenvalue weighted by atomic mass is 35.5. The molecule has 3 heterocycles. The number of aromatic nitrogens is 2. The van der Waals surface area contributed by atoms with Gasteiger partial charge in [0.05, 0.1) is 23.8 Å². The summed E-state index contributed by atoms with van der Waals surface area (Å²) < 4.78 is 5.69. The molecule has 6 heteroatoms. The maximum absolute atomic E-state index is 6.07. The predicted octanol–water partition coefficient (Wildman–Crippen LogP) is 2.46. The molecule has 0 unspecified atom stereocenters. The largest absolute Gasteiger partial charge is 0.463 e. The van der Waals surface area contributed by atoms with Crippen molar-refractivity contribution < 1.29 is 4.74 Å². The Balaban J connectivity index is 1.60. The normalized spacial score (nSPS) is 15.7. The standard InChI is InChI=1S/C11H10ClN3OS/c12-9-5-13-2-1-10(9)15-6-8(7-15)16-11-14-3-4-17-11/h1-5,8H,6-7H2. The number of nitrogens with zero attached hydrogens (tertiary/aromatic N) is 3. The first kappa shape index (κ1) is 10.8. The molecular formula is C11H10ClN3OS. The van der Waals surface area contributed by atoms with Crippen LogP contribution >= 0.6 is 22.9 Å². The number of halogens is 1. The molecule has 0 aliphatic carbocycles. The van der Waals surface area contributed by atoms with Gasteiger partial charge in [0.25, 0.3) is 5.19 Å². The fourth-order valence-electron chi connectivity index (χ4n) is 1.74. The van der Waals surface area contributed by atoms with Crippen LogP contribution in [0.3, 0.4) is 0 Å². The topological polar surface area (TPSA) is 38.2 Å². The summed E-state index contributed by atoms with van der Waals surface area (Å²) in [7, 11) is 0. The molecule has 1 fully saturated rings. The van der Waals surface area contributed by atoms with Gasteiger partial charge in [-0.3, -0.25) is 4.98 Å². The average Bonchev–Trinajstić information content (AvgIpc) is 2.77. The van der Waals surface area contributed by atoms with Gasteiger partial charge < -0.3 is 9.64 Å². The molecule has 3 rings (SSSR count). The number of hydrogen-bond acceptors (Lipinski definition) is 5. The number of rotatable bonds is 3. The zero-order valence-electron chi connectivity index (χ0n) is 8.91. The van der Waals surface area contributed by atoms with Crippen LogP contribution in [0.1, 0.15) is 0 Å². The van der Waals surface area contributed by atoms with Crippen molar-refractivity contribution in [1.29, 1.82) is 0 Å². The first-order valence-electron chi connectivity index (χ1n) is 5.23. The lowest BCUT2D eigenvalue weighted by molar-refractivity contribution is 0.167. The van der Waals surface area contributed by atoms with Gasteiger partial charge >= 0.3 is 0 Å². The van der Waals surface area contributed by atoms with E-state index in [0.29, 0.717) is 5.02 Å². The molecule has 0 spiro atoms. The van der Waals surface area contributed by atoms with Crippen molar-refractivity contribution in [2.45, 2.75) is 6.10 Å². The van der Waals surface area contributed by atoms with Gasteiger partial charge in [0, 0.05) is 24.0 Å². The van der Waals surface area contributed by atoms with E-state index in [1.165, 1.54) is 11.3 Å². The van der Waals surface area contributed by atoms with Gasteiger partial charge in [-0.25, -0.2) is 4.98 Å². The SMILES string of the molecule is Clc1cnccc1N1CC(Oc2nccs2)C1. The Labute approximate surface area is 108 Å². The molecule has 1 aliphatic rings. The Kier molecular flexibility index (Phi) is 2.86. The lowest BCUT2D eigenvalue weighted by Crippen LogP contribution is -2.54. The summed E-state index contributed by atoms with van der Waals surface area (Å²) >= 11 is 7.58. The van der Waals surface area contributed by atoms with Crippen molar-refractivity contribution in [1.82, 2.24) is 9.97 Å². The van der Waals surface area contributed by atoms with E-state index in [0.717, 1.165) is 24.0 Å². The molecule has 2 aromatic rings. The molecule has 1 saturated heterocycles. The lowest BCUT2D eigenvalue weighted by atomic mass is 10.1. The Morgan fingerprint density at radius 3 is 3.00 bits per heavy atom. The summed E-state index contributed by atoms with van der Waals surface area (Å²) in [6.07, 6.45) is 5.35. The van der Waals surface area contributed by atoms with Crippen LogP contribution in [0.4, 0.5) is 5.69 Å². The minimum absolute atomic E-state index is 0.199. The Morgan fingerprint density at radius 2 is 2.29 bits per heavy atom. The summed E-state index contributed by atoms with van der Waals surface area (Å²) in [5, 5.41) is 3.32. The van der Waals surface area contributed by atoms with Crippen molar-refractivity contribution in [3.8, 4) is 5.19 Å². The summed E-state index contributed by atoms with van der Waals surface area (Å²) in [6, 6.07) is 1.92. The van der Waals surface area contributed by atoms with Gasteiger partial charge in [-0.05, 0) is 6.07 Å². The first-order valence-corrected chi connectivity index (χ1v) is 6.49. The highest BCUT2D eigenvalue weighted by Crippen LogP contribution is 2.29. The summed E-state index contributed by atoms with van der Waals surface area (Å²) in [6.45, 7) is 1.67. The molecule has 88 valence electrons. The van der Waals surface area contributed by atoms with Gasteiger partial charge in [0.2, 0.25) is 0 Å². The van der Waals surface area contributed by atoms with Crippen LogP contribution in [0.5, 0.6) is 5.19 Å². The van der Waals surface area contributed by atoms with Crippen LogP contribution in [0.2, 0.25) is 5.02 Å². The van der Waals surface area contributed by atoms with Crippen LogP contribution in [0.25, 0.3) is 0 Å². The second-order valence-corrected chi connectivity index (χ2v) is 5.03. The molecule has 0 N–H and O–H groups in total. The minimum atomic E-state index is 0.199. The molecule has 0 saturated carbocycles. The zero-order valence-corrected chi connectivity index (χ0v) is 10.5. The van der Waals surface area contributed by atoms with E-state index in [1.807, 2.05) is 11.4 Å². The molecule has 1 aliphatic heterocycles. The maximum atomic E-state index is 6.07. The van der Waals surface area contributed by atoms with E-state index >= 15 is 0 Å². The molecule has 0 amide bonds. The van der Waals surface area contributed by atoms with Gasteiger partial charge in [-0.1, -0.05) is 22.9 Å². The van der Waals surface area contributed by atoms with Crippen LogP contribution in [-0.2, 0) is 0 Å². The van der Waals surface area contributed by atoms with Crippen molar-refractivity contribution in [2.75, 3.05) is 18.0 Å². The van der Waals surface area contributed by atoms with Crippen LogP contribution < -0.4 is 9.64 Å². The number of thiazole rings is 1. The molecule has 4 nitrogen and oxygen atoms in total. The zero-order chi connectivity index (χ0) is 11.7. The second kappa shape index (κ2) is 4.50. The molecule has 0 atom stereocenters. The summed E-state index contributed by atoms with van der Waals surface area (Å²) in [5.74, 6) is 0. The summed E-state index contributed by atoms with van der Waals surface area (Å²) in [4.78, 5) is 10.2. The number of pyridine rings is 1. The van der Waals surface area contributed by atoms with Crippen molar-refractivity contribution in [2.24, 2.45) is 0 Å². The fourth-order valence-corrected chi connectivity index (χ4v) is 2.54. The first-order chi connectivity index (χ1) is 8.33. The molecule has 2 aromatic heterocycles. The monoisotopic (exact) mass is 267 g/mol. The van der Waals surface area contributed by atoms with Gasteiger partial charge in [0.1, 0.15) is 6.10 Å². The highest BCUT2D eigenvalue weighted by Gasteiger charge is 2.30. The van der Waals surface area contributed by atoms with E-state index < -0.39 is 0 Å². The number of anilines is 1. The molecule has 0 radical (unpaired) electrons. The number of hydrogen-bond donors (Lipinski definition) is 0. The van der Waals surface area contributed by atoms with Crippen LogP contribution in [0.15, 0.2) is 30.0 Å². The van der Waals surface area contributed by atoms with Crippen LogP contribution in [-0.4, -0.2) is 29.2 Å². The third-order valence-electron chi connectivity index (χ3n) is 2.62. The van der Waals surface area contributed by atoms with E-state index in [-0.39, 0.29) is 6.10 Å². The quantitative estimate of drug-likeness (QED) is 0.856. The smallest absolute Gasteiger partial charge is 0.273 e. The maximum Gasteiger partial charge on any atom is 0.273 e. The third kappa shape index (κ3) is 2.21. The highest BCUT2D eigenvalue weighted by molar-refractivity contribution is 7.11. The van der Waals surface area contributed by atoms with Gasteiger partial charge in [0.15, 0.2) is 0 Å². The molecular weight excluding hydrogens is 258 g/mol. The molecule has 0 bridgehead atoms. The minimum Gasteiger partial charge on any atom is -0.463 e. The average molecular weight is 268 g/mol. The van der Waals surface area contributed by atoms with E-state index in [9.17, 15) is 0 Å². The predicted molar refractivity (Wildman–Crippen MR) is 68.0 cm³/mol. The van der Waals surface area contributed by atoms with E-state index in [4.69, 9.17) is 16.3 Å². The molecule has 17 heavy (non-hydrogen) atoms. The third-order valence-corrected chi connectivity index (χ3v) is 3.57. The van der Waals surface area contributed by atoms with Crippen LogP contribution in [0, 0.1) is 0 Å². The van der Waals surface area contributed by atoms with E-state index in [1.54, 1.807) is 18.6 Å². The van der Waals surface area contributed by atoms with Gasteiger partial charge in [-0.2, -0.15) is 0 Å². The summed E-state index contributed by atoms with van der Waals surface area (Å²) in [5.41, 5.74) is 1.01. The Morgan fingerprint density at radius 1 is 1.41 bits per heavy atom. The van der Waals surface area contributed by atoms with Crippen molar-refractivity contribution in [3.05, 3.63) is 35.1 Å². The fraction of sp³-hybridized carbons (Fsp3) is 0.273. The van der Waals surface area contributed by atoms with E-state index in [2.05, 4.69) is 14.9 Å².